The average Bonchev–Trinajstić information content (AvgIpc) is 2.91. The zero-order chi connectivity index (χ0) is 25.7. The van der Waals surface area contributed by atoms with Gasteiger partial charge in [0.15, 0.2) is 0 Å². The minimum absolute atomic E-state index is 0. The van der Waals surface area contributed by atoms with Crippen LogP contribution in [0.1, 0.15) is 26.7 Å². The van der Waals surface area contributed by atoms with Crippen LogP contribution >= 0.6 is 13.5 Å². The van der Waals surface area contributed by atoms with Crippen molar-refractivity contribution >= 4 is 41.6 Å². The van der Waals surface area contributed by atoms with Crippen LogP contribution in [0.15, 0.2) is 59.7 Å². The molecule has 4 heterocycles. The molecule has 1 fully saturated rings. The largest absolute Gasteiger partial charge is 0.497 e. The van der Waals surface area contributed by atoms with Gasteiger partial charge in [-0.3, -0.25) is 4.79 Å². The van der Waals surface area contributed by atoms with Crippen molar-refractivity contribution in [2.45, 2.75) is 32.8 Å². The second-order valence-corrected chi connectivity index (χ2v) is 8.21. The fourth-order valence-electron chi connectivity index (χ4n) is 4.17. The van der Waals surface area contributed by atoms with Gasteiger partial charge in [-0.05, 0) is 55.3 Å². The number of rotatable bonds is 5. The molecule has 0 radical (unpaired) electrons. The number of aromatic nitrogens is 3. The maximum atomic E-state index is 14.7. The highest BCUT2D eigenvalue weighted by Gasteiger charge is 2.18. The van der Waals surface area contributed by atoms with E-state index in [1.54, 1.807) is 24.4 Å². The number of hydrogen-bond acceptors (Lipinski definition) is 7. The van der Waals surface area contributed by atoms with Crippen LogP contribution < -0.4 is 20.5 Å². The molecule has 4 aromatic rings. The Labute approximate surface area is 222 Å². The van der Waals surface area contributed by atoms with Gasteiger partial charge in [-0.1, -0.05) is 13.8 Å². The first-order valence-electron chi connectivity index (χ1n) is 12.0. The van der Waals surface area contributed by atoms with Crippen LogP contribution in [0, 0.1) is 5.82 Å². The fraction of sp³-hybridized carbons (Fsp3) is 0.296. The van der Waals surface area contributed by atoms with Crippen molar-refractivity contribution in [3.63, 3.8) is 0 Å². The predicted octanol–water partition coefficient (Wildman–Crippen LogP) is 4.98. The van der Waals surface area contributed by atoms with Gasteiger partial charge in [0.1, 0.15) is 17.4 Å². The fourth-order valence-corrected chi connectivity index (χ4v) is 4.17. The van der Waals surface area contributed by atoms with Crippen LogP contribution in [0.2, 0.25) is 0 Å². The van der Waals surface area contributed by atoms with E-state index < -0.39 is 5.82 Å². The lowest BCUT2D eigenvalue weighted by Gasteiger charge is -2.31. The first-order valence-corrected chi connectivity index (χ1v) is 12.0. The van der Waals surface area contributed by atoms with Gasteiger partial charge < -0.3 is 25.0 Å². The summed E-state index contributed by atoms with van der Waals surface area (Å²) >= 11 is 0. The number of ether oxygens (including phenoxy) is 1. The normalized spacial score (nSPS) is 13.4. The highest BCUT2D eigenvalue weighted by atomic mass is 32.1. The number of nitrogens with one attached hydrogen (secondary N) is 2. The van der Waals surface area contributed by atoms with Crippen molar-refractivity contribution < 1.29 is 14.2 Å². The Morgan fingerprint density at radius 1 is 1.14 bits per heavy atom. The number of aromatic amines is 1. The molecule has 0 bridgehead atoms. The number of H-pyrrole nitrogens is 1. The molecule has 196 valence electrons. The van der Waals surface area contributed by atoms with Gasteiger partial charge in [0, 0.05) is 24.8 Å². The highest BCUT2D eigenvalue weighted by molar-refractivity contribution is 7.59. The summed E-state index contributed by atoms with van der Waals surface area (Å²) in [6.07, 6.45) is 4.49. The maximum Gasteiger partial charge on any atom is 0.259 e. The average molecular weight is 526 g/mol. The van der Waals surface area contributed by atoms with Crippen molar-refractivity contribution in [2.24, 2.45) is 0 Å². The lowest BCUT2D eigenvalue weighted by atomic mass is 10.1. The number of hydrogen-bond donors (Lipinski definition) is 3. The molecule has 0 atom stereocenters. The Hall–Kier alpha value is -3.63. The minimum atomic E-state index is -0.447. The number of halogens is 1. The number of piperidine rings is 1. The molecule has 0 amide bonds. The molecule has 10 heteroatoms. The first-order chi connectivity index (χ1) is 17.5. The number of nitrogens with zero attached hydrogens (tertiary/aromatic N) is 3. The van der Waals surface area contributed by atoms with E-state index in [9.17, 15) is 14.3 Å². The van der Waals surface area contributed by atoms with Crippen LogP contribution in [0.5, 0.6) is 5.75 Å². The maximum absolute atomic E-state index is 14.7. The molecule has 0 spiro atoms. The van der Waals surface area contributed by atoms with Crippen LogP contribution in [0.3, 0.4) is 0 Å². The smallest absolute Gasteiger partial charge is 0.259 e. The second-order valence-electron chi connectivity index (χ2n) is 8.21. The molecule has 1 aromatic carbocycles. The molecule has 3 N–H and O–H groups in total. The Morgan fingerprint density at radius 3 is 2.57 bits per heavy atom. The van der Waals surface area contributed by atoms with E-state index >= 15 is 0 Å². The van der Waals surface area contributed by atoms with Gasteiger partial charge >= 0.3 is 0 Å². The molecule has 37 heavy (non-hydrogen) atoms. The van der Waals surface area contributed by atoms with E-state index in [4.69, 9.17) is 4.74 Å². The standard InChI is InChI=1S/C25H24FN5O3.C2H6.H2S/c1-34-17-3-4-19(26)18(12-17)21-13-22(24-20(29-21)6-9-27-25(24)33)30-23-5-2-15(14-28-23)31-10-7-16(32)8-11-31;1-2;/h2-6,9,12-14,16,32H,7-8,10-11H2,1H3,(H,27,33)(H,28,29,30);1-2H3;1H2. The molecule has 3 aromatic heterocycles. The van der Waals surface area contributed by atoms with Gasteiger partial charge in [-0.2, -0.15) is 13.5 Å². The number of benzene rings is 1. The van der Waals surface area contributed by atoms with E-state index in [0.717, 1.165) is 31.6 Å². The number of aliphatic hydroxyl groups excluding tert-OH is 1. The lowest BCUT2D eigenvalue weighted by molar-refractivity contribution is 0.145. The molecule has 0 aliphatic carbocycles. The number of methoxy groups -OCH3 is 1. The van der Waals surface area contributed by atoms with E-state index in [1.165, 1.54) is 25.4 Å². The molecule has 8 nitrogen and oxygen atoms in total. The zero-order valence-corrected chi connectivity index (χ0v) is 22.1. The number of fused-ring (bicyclic) bond motifs is 1. The lowest BCUT2D eigenvalue weighted by Crippen LogP contribution is -2.35. The van der Waals surface area contributed by atoms with Gasteiger partial charge in [0.25, 0.3) is 5.56 Å². The van der Waals surface area contributed by atoms with Crippen molar-refractivity contribution in [3.8, 4) is 17.0 Å². The zero-order valence-electron chi connectivity index (χ0n) is 21.1. The first kappa shape index (κ1) is 27.9. The van der Waals surface area contributed by atoms with Gasteiger partial charge in [0.05, 0.1) is 47.4 Å². The van der Waals surface area contributed by atoms with Crippen LogP contribution in [-0.4, -0.2) is 46.4 Å². The van der Waals surface area contributed by atoms with Crippen LogP contribution in [0.4, 0.5) is 21.6 Å². The third-order valence-electron chi connectivity index (χ3n) is 6.02. The summed E-state index contributed by atoms with van der Waals surface area (Å²) in [5.41, 5.74) is 2.17. The minimum Gasteiger partial charge on any atom is -0.497 e. The Balaban J connectivity index is 0.00000124. The van der Waals surface area contributed by atoms with Gasteiger partial charge in [0.2, 0.25) is 0 Å². The number of aliphatic hydroxyl groups is 1. The quantitative estimate of drug-likeness (QED) is 0.338. The third-order valence-corrected chi connectivity index (χ3v) is 6.02. The number of anilines is 3. The Morgan fingerprint density at radius 2 is 1.89 bits per heavy atom. The van der Waals surface area contributed by atoms with Gasteiger partial charge in [-0.25, -0.2) is 14.4 Å². The van der Waals surface area contributed by atoms with Crippen molar-refractivity contribution in [2.75, 3.05) is 30.4 Å². The second kappa shape index (κ2) is 12.6. The molecule has 1 aliphatic rings. The van der Waals surface area contributed by atoms with Crippen LogP contribution in [-0.2, 0) is 0 Å². The SMILES string of the molecule is CC.COc1ccc(F)c(-c2cc(Nc3ccc(N4CCC(O)CC4)cn3)c3c(=O)[nH]ccc3n2)c1.S. The highest BCUT2D eigenvalue weighted by Crippen LogP contribution is 2.32. The summed E-state index contributed by atoms with van der Waals surface area (Å²) in [7, 11) is 1.51. The molecule has 0 unspecified atom stereocenters. The van der Waals surface area contributed by atoms with E-state index in [0.29, 0.717) is 33.9 Å². The Kier molecular flexibility index (Phi) is 9.48. The summed E-state index contributed by atoms with van der Waals surface area (Å²) in [5.74, 6) is 0.590. The summed E-state index contributed by atoms with van der Waals surface area (Å²) in [6, 6.07) is 11.5. The van der Waals surface area contributed by atoms with Crippen LogP contribution in [0.25, 0.3) is 22.2 Å². The monoisotopic (exact) mass is 525 g/mol. The van der Waals surface area contributed by atoms with Gasteiger partial charge in [-0.15, -0.1) is 0 Å². The number of pyridine rings is 3. The summed E-state index contributed by atoms with van der Waals surface area (Å²) in [5, 5.41) is 13.3. The van der Waals surface area contributed by atoms with Crippen molar-refractivity contribution in [1.82, 2.24) is 15.0 Å². The topological polar surface area (TPSA) is 103 Å². The third kappa shape index (κ3) is 6.20. The van der Waals surface area contributed by atoms with Crippen molar-refractivity contribution in [1.29, 1.82) is 0 Å². The molecule has 1 saturated heterocycles. The van der Waals surface area contributed by atoms with E-state index in [1.807, 2.05) is 26.0 Å². The molecular weight excluding hydrogens is 493 g/mol. The molecule has 5 rings (SSSR count). The Bertz CT molecular complexity index is 1390. The summed E-state index contributed by atoms with van der Waals surface area (Å²) in [6.45, 7) is 5.55. The van der Waals surface area contributed by atoms with Crippen molar-refractivity contribution in [3.05, 3.63) is 71.0 Å². The molecule has 1 aliphatic heterocycles. The predicted molar refractivity (Wildman–Crippen MR) is 151 cm³/mol. The van der Waals surface area contributed by atoms with E-state index in [-0.39, 0.29) is 30.7 Å². The summed E-state index contributed by atoms with van der Waals surface area (Å²) < 4.78 is 19.9. The molecular formula is C27H32FN5O3S. The summed E-state index contributed by atoms with van der Waals surface area (Å²) in [4.78, 5) is 26.5. The van der Waals surface area contributed by atoms with E-state index in [2.05, 4.69) is 25.2 Å². The molecule has 0 saturated carbocycles.